The van der Waals surface area contributed by atoms with E-state index in [4.69, 9.17) is 9.47 Å². The van der Waals surface area contributed by atoms with E-state index in [0.717, 1.165) is 25.7 Å². The van der Waals surface area contributed by atoms with Gasteiger partial charge >= 0.3 is 5.97 Å². The van der Waals surface area contributed by atoms with Gasteiger partial charge in [-0.2, -0.15) is 10.4 Å². The number of aliphatic hydroxyl groups excluding tert-OH is 1. The van der Waals surface area contributed by atoms with Crippen molar-refractivity contribution in [2.24, 2.45) is 0 Å². The number of benzene rings is 2. The molecule has 35 heavy (non-hydrogen) atoms. The van der Waals surface area contributed by atoms with Crippen molar-refractivity contribution in [1.82, 2.24) is 9.78 Å². The topological polar surface area (TPSA) is 118 Å². The molecule has 3 aromatic rings. The van der Waals surface area contributed by atoms with Crippen LogP contribution in [-0.4, -0.2) is 45.3 Å². The van der Waals surface area contributed by atoms with E-state index in [1.165, 1.54) is 36.1 Å². The van der Waals surface area contributed by atoms with E-state index in [-0.39, 0.29) is 40.6 Å². The molecular formula is C25H25F2N3O5. The number of hydrogen-bond acceptors (Lipinski definition) is 6. The first-order valence-electron chi connectivity index (χ1n) is 11.2. The molecule has 0 radical (unpaired) electrons. The summed E-state index contributed by atoms with van der Waals surface area (Å²) < 4.78 is 39.3. The van der Waals surface area contributed by atoms with Crippen LogP contribution in [0.2, 0.25) is 0 Å². The molecule has 0 unspecified atom stereocenters. The Morgan fingerprint density at radius 2 is 2.03 bits per heavy atom. The Morgan fingerprint density at radius 1 is 1.29 bits per heavy atom. The minimum absolute atomic E-state index is 0.0314. The lowest BCUT2D eigenvalue weighted by Crippen LogP contribution is -2.31. The first-order chi connectivity index (χ1) is 16.8. The number of hydrogen-bond donors (Lipinski definition) is 2. The van der Waals surface area contributed by atoms with E-state index in [1.54, 1.807) is 12.3 Å². The van der Waals surface area contributed by atoms with Crippen LogP contribution in [-0.2, 0) is 11.3 Å². The fourth-order valence-corrected chi connectivity index (χ4v) is 4.49. The molecule has 1 aromatic heterocycles. The fraction of sp³-hybridized carbons (Fsp3) is 0.400. The number of carbonyl (C=O) groups is 1. The highest BCUT2D eigenvalue weighted by Crippen LogP contribution is 2.34. The Balaban J connectivity index is 1.68. The molecule has 1 heterocycles. The van der Waals surface area contributed by atoms with Crippen molar-refractivity contribution in [1.29, 1.82) is 5.26 Å². The maximum absolute atomic E-state index is 13.3. The van der Waals surface area contributed by atoms with Gasteiger partial charge < -0.3 is 19.7 Å². The predicted octanol–water partition coefficient (Wildman–Crippen LogP) is 4.61. The van der Waals surface area contributed by atoms with E-state index in [2.05, 4.69) is 5.10 Å². The van der Waals surface area contributed by atoms with Crippen LogP contribution >= 0.6 is 0 Å². The third kappa shape index (κ3) is 5.26. The highest BCUT2D eigenvalue weighted by Gasteiger charge is 2.29. The van der Waals surface area contributed by atoms with E-state index in [0.29, 0.717) is 10.9 Å². The number of aromatic carboxylic acids is 1. The number of aromatic nitrogens is 2. The molecule has 4 rings (SSSR count). The standard InChI is InChI=1S/C25H25F2N3O5/c1-34-20-10-15(6-7-18(20)24(26)27)23(31)21(35-17-4-2-3-5-17)13-30-12-16-8-14(11-28)9-19(25(32)33)22(16)29-30/h6-10,12,17,21,23-24,31H,2-5,13H2,1H3,(H,32,33)/t21-,23+/m0/s1. The lowest BCUT2D eigenvalue weighted by atomic mass is 10.0. The summed E-state index contributed by atoms with van der Waals surface area (Å²) in [6.07, 6.45) is 0.529. The van der Waals surface area contributed by atoms with E-state index in [1.807, 2.05) is 6.07 Å². The van der Waals surface area contributed by atoms with Gasteiger partial charge in [-0.1, -0.05) is 18.9 Å². The van der Waals surface area contributed by atoms with E-state index in [9.17, 15) is 29.1 Å². The highest BCUT2D eigenvalue weighted by atomic mass is 19.3. The average Bonchev–Trinajstić information content (AvgIpc) is 3.51. The summed E-state index contributed by atoms with van der Waals surface area (Å²) in [6, 6.07) is 8.77. The summed E-state index contributed by atoms with van der Waals surface area (Å²) in [6.45, 7) is 0.0756. The van der Waals surface area contributed by atoms with Crippen molar-refractivity contribution in [3.63, 3.8) is 0 Å². The molecule has 10 heteroatoms. The molecule has 0 aliphatic heterocycles. The number of methoxy groups -OCH3 is 1. The number of ether oxygens (including phenoxy) is 2. The van der Waals surface area contributed by atoms with E-state index >= 15 is 0 Å². The SMILES string of the molecule is COc1cc([C@@H](O)[C@H](Cn2cc3cc(C#N)cc(C(=O)O)c3n2)OC2CCCC2)ccc1C(F)F. The minimum atomic E-state index is -2.72. The predicted molar refractivity (Wildman–Crippen MR) is 121 cm³/mol. The first kappa shape index (κ1) is 24.6. The van der Waals surface area contributed by atoms with Gasteiger partial charge in [-0.15, -0.1) is 0 Å². The van der Waals surface area contributed by atoms with Crippen LogP contribution in [0, 0.1) is 11.3 Å². The summed E-state index contributed by atoms with van der Waals surface area (Å²) in [5.74, 6) is -1.24. The molecule has 8 nitrogen and oxygen atoms in total. The summed E-state index contributed by atoms with van der Waals surface area (Å²) in [7, 11) is 1.29. The zero-order valence-corrected chi connectivity index (χ0v) is 19.0. The molecule has 0 bridgehead atoms. The molecule has 2 atom stereocenters. The van der Waals surface area contributed by atoms with Gasteiger partial charge in [0.05, 0.1) is 42.5 Å². The van der Waals surface area contributed by atoms with Gasteiger partial charge in [0, 0.05) is 11.6 Å². The molecule has 1 aliphatic carbocycles. The number of nitriles is 1. The number of carboxylic acid groups (broad SMARTS) is 1. The number of nitrogens with zero attached hydrogens (tertiary/aromatic N) is 3. The zero-order chi connectivity index (χ0) is 25.1. The van der Waals surface area contributed by atoms with Crippen LogP contribution in [0.5, 0.6) is 5.75 Å². The normalized spacial score (nSPS) is 15.9. The summed E-state index contributed by atoms with van der Waals surface area (Å²) in [5, 5.41) is 34.8. The molecule has 2 aromatic carbocycles. The summed E-state index contributed by atoms with van der Waals surface area (Å²) >= 11 is 0. The Kier molecular flexibility index (Phi) is 7.28. The first-order valence-corrected chi connectivity index (χ1v) is 11.2. The Labute approximate surface area is 200 Å². The smallest absolute Gasteiger partial charge is 0.338 e. The van der Waals surface area contributed by atoms with Crippen molar-refractivity contribution < 1.29 is 33.3 Å². The van der Waals surface area contributed by atoms with Crippen molar-refractivity contribution >= 4 is 16.9 Å². The van der Waals surface area contributed by atoms with Crippen LogP contribution in [0.25, 0.3) is 10.9 Å². The maximum atomic E-state index is 13.3. The number of aliphatic hydroxyl groups is 1. The number of carboxylic acids is 1. The average molecular weight is 485 g/mol. The maximum Gasteiger partial charge on any atom is 0.338 e. The molecule has 2 N–H and O–H groups in total. The third-order valence-corrected chi connectivity index (χ3v) is 6.24. The van der Waals surface area contributed by atoms with Crippen LogP contribution < -0.4 is 4.74 Å². The lowest BCUT2D eigenvalue weighted by Gasteiger charge is -2.27. The lowest BCUT2D eigenvalue weighted by molar-refractivity contribution is -0.0844. The minimum Gasteiger partial charge on any atom is -0.496 e. The molecular weight excluding hydrogens is 460 g/mol. The van der Waals surface area contributed by atoms with Gasteiger partial charge in [0.15, 0.2) is 0 Å². The summed E-state index contributed by atoms with van der Waals surface area (Å²) in [4.78, 5) is 11.7. The van der Waals surface area contributed by atoms with Crippen molar-refractivity contribution in [3.8, 4) is 11.8 Å². The van der Waals surface area contributed by atoms with Gasteiger partial charge in [0.2, 0.25) is 0 Å². The summed E-state index contributed by atoms with van der Waals surface area (Å²) in [5.41, 5.74) is 0.389. The van der Waals surface area contributed by atoms with Crippen LogP contribution in [0.4, 0.5) is 8.78 Å². The Bertz CT molecular complexity index is 1260. The molecule has 0 spiro atoms. The third-order valence-electron chi connectivity index (χ3n) is 6.24. The van der Waals surface area contributed by atoms with E-state index < -0.39 is 24.6 Å². The molecule has 1 saturated carbocycles. The molecule has 1 aliphatic rings. The van der Waals surface area contributed by atoms with Crippen molar-refractivity contribution in [2.45, 2.75) is 57.0 Å². The van der Waals surface area contributed by atoms with Gasteiger partial charge in [-0.25, -0.2) is 13.6 Å². The number of halogens is 2. The number of alkyl halides is 2. The second kappa shape index (κ2) is 10.4. The number of rotatable bonds is 9. The van der Waals surface area contributed by atoms with Crippen molar-refractivity contribution in [2.75, 3.05) is 7.11 Å². The van der Waals surface area contributed by atoms with Gasteiger partial charge in [0.25, 0.3) is 6.43 Å². The second-order valence-electron chi connectivity index (χ2n) is 8.56. The number of fused-ring (bicyclic) bond motifs is 1. The molecule has 1 fully saturated rings. The quantitative estimate of drug-likeness (QED) is 0.454. The monoisotopic (exact) mass is 485 g/mol. The van der Waals surface area contributed by atoms with Crippen LogP contribution in [0.15, 0.2) is 36.5 Å². The molecule has 0 amide bonds. The van der Waals surface area contributed by atoms with Gasteiger partial charge in [-0.3, -0.25) is 4.68 Å². The van der Waals surface area contributed by atoms with Gasteiger partial charge in [-0.05, 0) is 42.7 Å². The van der Waals surface area contributed by atoms with Crippen molar-refractivity contribution in [3.05, 3.63) is 58.8 Å². The largest absolute Gasteiger partial charge is 0.496 e. The van der Waals surface area contributed by atoms with Gasteiger partial charge in [0.1, 0.15) is 23.5 Å². The molecule has 184 valence electrons. The second-order valence-corrected chi connectivity index (χ2v) is 8.56. The van der Waals surface area contributed by atoms with Crippen LogP contribution in [0.1, 0.15) is 65.3 Å². The zero-order valence-electron chi connectivity index (χ0n) is 19.0. The Hall–Kier alpha value is -3.55. The molecule has 0 saturated heterocycles. The fourth-order valence-electron chi connectivity index (χ4n) is 4.49. The van der Waals surface area contributed by atoms with Crippen LogP contribution in [0.3, 0.4) is 0 Å². The Morgan fingerprint density at radius 3 is 2.66 bits per heavy atom. The highest BCUT2D eigenvalue weighted by molar-refractivity contribution is 6.02.